The monoisotopic (exact) mass is 395 g/mol. The summed E-state index contributed by atoms with van der Waals surface area (Å²) in [6.45, 7) is 3.47. The molecule has 0 atom stereocenters. The highest BCUT2D eigenvalue weighted by atomic mass is 19.4. The fraction of sp³-hybridized carbons (Fsp3) is 0.667. The van der Waals surface area contributed by atoms with Crippen LogP contribution in [-0.2, 0) is 17.5 Å². The zero-order chi connectivity index (χ0) is 20.0. The van der Waals surface area contributed by atoms with Crippen LogP contribution in [-0.4, -0.2) is 47.4 Å². The summed E-state index contributed by atoms with van der Waals surface area (Å²) >= 11 is 0. The van der Waals surface area contributed by atoms with Crippen molar-refractivity contribution in [2.45, 2.75) is 56.8 Å². The van der Waals surface area contributed by atoms with Crippen LogP contribution in [0.5, 0.6) is 0 Å². The lowest BCUT2D eigenvalue weighted by atomic mass is 9.48. The summed E-state index contributed by atoms with van der Waals surface area (Å²) in [6.07, 6.45) is 1.87. The maximum Gasteiger partial charge on any atom is 0.416 e. The quantitative estimate of drug-likeness (QED) is 0.853. The Bertz CT molecular complexity index is 719. The summed E-state index contributed by atoms with van der Waals surface area (Å²) in [5.41, 5.74) is 6.33. The Kier molecular flexibility index (Phi) is 4.94. The minimum atomic E-state index is -4.31. The molecule has 4 nitrogen and oxygen atoms in total. The third-order valence-electron chi connectivity index (χ3n) is 6.78. The molecule has 3 fully saturated rings. The first-order chi connectivity index (χ1) is 13.2. The van der Waals surface area contributed by atoms with E-state index in [1.807, 2.05) is 4.90 Å². The van der Waals surface area contributed by atoms with Crippen LogP contribution in [0, 0.1) is 5.41 Å². The fourth-order valence-corrected chi connectivity index (χ4v) is 5.17. The van der Waals surface area contributed by atoms with Gasteiger partial charge in [0.15, 0.2) is 0 Å². The number of halogens is 3. The largest absolute Gasteiger partial charge is 0.416 e. The molecule has 154 valence electrons. The molecule has 1 amide bonds. The van der Waals surface area contributed by atoms with Gasteiger partial charge in [-0.05, 0) is 55.2 Å². The molecular weight excluding hydrogens is 367 g/mol. The average molecular weight is 395 g/mol. The first kappa shape index (κ1) is 19.7. The molecule has 0 unspecified atom stereocenters. The summed E-state index contributed by atoms with van der Waals surface area (Å²) in [4.78, 5) is 17.1. The van der Waals surface area contributed by atoms with Crippen molar-refractivity contribution in [3.05, 3.63) is 35.4 Å². The van der Waals surface area contributed by atoms with Crippen molar-refractivity contribution in [2.24, 2.45) is 11.1 Å². The average Bonchev–Trinajstić information content (AvgIpc) is 2.82. The van der Waals surface area contributed by atoms with Crippen LogP contribution in [0.2, 0.25) is 0 Å². The van der Waals surface area contributed by atoms with E-state index in [1.54, 1.807) is 0 Å². The molecular formula is C21H28F3N3O. The zero-order valence-corrected chi connectivity index (χ0v) is 16.1. The molecule has 2 N–H and O–H groups in total. The van der Waals surface area contributed by atoms with Gasteiger partial charge in [-0.15, -0.1) is 0 Å². The number of hydrogen-bond donors (Lipinski definition) is 1. The van der Waals surface area contributed by atoms with Crippen molar-refractivity contribution in [3.8, 4) is 0 Å². The van der Waals surface area contributed by atoms with Crippen LogP contribution in [0.3, 0.4) is 0 Å². The van der Waals surface area contributed by atoms with Gasteiger partial charge in [-0.3, -0.25) is 9.69 Å². The molecule has 1 saturated heterocycles. The van der Waals surface area contributed by atoms with Crippen molar-refractivity contribution in [3.63, 3.8) is 0 Å². The van der Waals surface area contributed by atoms with Gasteiger partial charge in [0.2, 0.25) is 5.91 Å². The Morgan fingerprint density at radius 1 is 1.00 bits per heavy atom. The SMILES string of the molecule is NC1(C(=O)N2CCCN(Cc3ccc(C(F)(F)F)cc3)CC2)CC2(CCC2)C1. The Hall–Kier alpha value is -1.60. The molecule has 1 spiro atoms. The lowest BCUT2D eigenvalue weighted by Crippen LogP contribution is -2.68. The molecule has 7 heteroatoms. The zero-order valence-electron chi connectivity index (χ0n) is 16.1. The molecule has 3 aliphatic rings. The van der Waals surface area contributed by atoms with E-state index >= 15 is 0 Å². The van der Waals surface area contributed by atoms with Crippen molar-refractivity contribution >= 4 is 5.91 Å². The molecule has 4 rings (SSSR count). The Morgan fingerprint density at radius 2 is 1.68 bits per heavy atom. The van der Waals surface area contributed by atoms with Crippen molar-refractivity contribution < 1.29 is 18.0 Å². The van der Waals surface area contributed by atoms with Crippen molar-refractivity contribution in [2.75, 3.05) is 26.2 Å². The molecule has 1 aliphatic heterocycles. The number of nitrogens with two attached hydrogens (primary N) is 1. The normalized spacial score (nSPS) is 24.4. The first-order valence-electron chi connectivity index (χ1n) is 10.2. The van der Waals surface area contributed by atoms with Crippen LogP contribution in [0.15, 0.2) is 24.3 Å². The number of amides is 1. The van der Waals surface area contributed by atoms with E-state index < -0.39 is 17.3 Å². The van der Waals surface area contributed by atoms with Crippen LogP contribution in [0.1, 0.15) is 49.7 Å². The standard InChI is InChI=1S/C21H28F3N3O/c22-21(23,24)17-5-3-16(4-6-17)13-26-9-2-10-27(12-11-26)18(28)20(25)14-19(15-20)7-1-8-19/h3-6H,1-2,7-15,25H2. The molecule has 1 heterocycles. The number of hydrogen-bond acceptors (Lipinski definition) is 3. The Balaban J connectivity index is 1.31. The minimum absolute atomic E-state index is 0.0846. The predicted octanol–water partition coefficient (Wildman–Crippen LogP) is 3.40. The Labute approximate surface area is 163 Å². The van der Waals surface area contributed by atoms with E-state index in [-0.39, 0.29) is 5.91 Å². The highest BCUT2D eigenvalue weighted by Gasteiger charge is 2.59. The van der Waals surface area contributed by atoms with E-state index in [2.05, 4.69) is 4.90 Å². The van der Waals surface area contributed by atoms with Gasteiger partial charge in [-0.25, -0.2) is 0 Å². The maximum atomic E-state index is 13.0. The second kappa shape index (κ2) is 7.02. The van der Waals surface area contributed by atoms with E-state index in [0.29, 0.717) is 31.6 Å². The van der Waals surface area contributed by atoms with E-state index in [9.17, 15) is 18.0 Å². The third kappa shape index (κ3) is 3.79. The number of carbonyl (C=O) groups is 1. The summed E-state index contributed by atoms with van der Waals surface area (Å²) in [5.74, 6) is 0.0846. The van der Waals surface area contributed by atoms with Crippen LogP contribution in [0.25, 0.3) is 0 Å². The van der Waals surface area contributed by atoms with Crippen LogP contribution < -0.4 is 5.73 Å². The van der Waals surface area contributed by atoms with Gasteiger partial charge >= 0.3 is 6.18 Å². The van der Waals surface area contributed by atoms with Crippen LogP contribution >= 0.6 is 0 Å². The summed E-state index contributed by atoms with van der Waals surface area (Å²) < 4.78 is 38.1. The second-order valence-electron chi connectivity index (χ2n) is 8.98. The molecule has 1 aromatic carbocycles. The smallest absolute Gasteiger partial charge is 0.340 e. The fourth-order valence-electron chi connectivity index (χ4n) is 5.17. The lowest BCUT2D eigenvalue weighted by Gasteiger charge is -2.59. The van der Waals surface area contributed by atoms with Gasteiger partial charge < -0.3 is 10.6 Å². The van der Waals surface area contributed by atoms with E-state index in [4.69, 9.17) is 5.73 Å². The van der Waals surface area contributed by atoms with Gasteiger partial charge in [0.05, 0.1) is 11.1 Å². The number of carbonyl (C=O) groups excluding carboxylic acids is 1. The minimum Gasteiger partial charge on any atom is -0.340 e. The molecule has 0 bridgehead atoms. The number of benzene rings is 1. The lowest BCUT2D eigenvalue weighted by molar-refractivity contribution is -0.151. The predicted molar refractivity (Wildman–Crippen MR) is 100 cm³/mol. The second-order valence-corrected chi connectivity index (χ2v) is 8.98. The van der Waals surface area contributed by atoms with Gasteiger partial charge in [-0.2, -0.15) is 13.2 Å². The molecule has 0 aromatic heterocycles. The number of rotatable bonds is 3. The van der Waals surface area contributed by atoms with Gasteiger partial charge in [0.25, 0.3) is 0 Å². The highest BCUT2D eigenvalue weighted by molar-refractivity contribution is 5.87. The van der Waals surface area contributed by atoms with Gasteiger partial charge in [-0.1, -0.05) is 18.6 Å². The van der Waals surface area contributed by atoms with Crippen molar-refractivity contribution in [1.29, 1.82) is 0 Å². The van der Waals surface area contributed by atoms with Crippen molar-refractivity contribution in [1.82, 2.24) is 9.80 Å². The summed E-state index contributed by atoms with van der Waals surface area (Å²) in [5, 5.41) is 0. The maximum absolute atomic E-state index is 13.0. The topological polar surface area (TPSA) is 49.6 Å². The van der Waals surface area contributed by atoms with Gasteiger partial charge in [0, 0.05) is 32.7 Å². The molecule has 2 aliphatic carbocycles. The highest BCUT2D eigenvalue weighted by Crippen LogP contribution is 2.59. The summed E-state index contributed by atoms with van der Waals surface area (Å²) in [7, 11) is 0. The van der Waals surface area contributed by atoms with Crippen LogP contribution in [0.4, 0.5) is 13.2 Å². The first-order valence-corrected chi connectivity index (χ1v) is 10.2. The third-order valence-corrected chi connectivity index (χ3v) is 6.78. The molecule has 28 heavy (non-hydrogen) atoms. The van der Waals surface area contributed by atoms with E-state index in [0.717, 1.165) is 43.5 Å². The molecule has 1 aromatic rings. The Morgan fingerprint density at radius 3 is 2.25 bits per heavy atom. The number of alkyl halides is 3. The summed E-state index contributed by atoms with van der Waals surface area (Å²) in [6, 6.07) is 5.35. The molecule has 0 radical (unpaired) electrons. The van der Waals surface area contributed by atoms with Gasteiger partial charge in [0.1, 0.15) is 0 Å². The number of nitrogens with zero attached hydrogens (tertiary/aromatic N) is 2. The van der Waals surface area contributed by atoms with E-state index in [1.165, 1.54) is 31.4 Å². The molecule has 2 saturated carbocycles.